The standard InChI is InChI=1S/C15H20ClN3/c1-3-8-19-9-7-18-15(19)14-10-13(16)6-5-12(14)11-17-4-2/h5-7,9-10,17H,3-4,8,11H2,1-2H3. The van der Waals surface area contributed by atoms with E-state index in [-0.39, 0.29) is 0 Å². The summed E-state index contributed by atoms with van der Waals surface area (Å²) in [4.78, 5) is 4.49. The summed E-state index contributed by atoms with van der Waals surface area (Å²) in [6, 6.07) is 6.01. The molecule has 0 aliphatic heterocycles. The maximum absolute atomic E-state index is 6.14. The number of imidazole rings is 1. The highest BCUT2D eigenvalue weighted by molar-refractivity contribution is 6.30. The van der Waals surface area contributed by atoms with Crippen molar-refractivity contribution in [2.45, 2.75) is 33.4 Å². The summed E-state index contributed by atoms with van der Waals surface area (Å²) in [5.41, 5.74) is 2.35. The van der Waals surface area contributed by atoms with E-state index < -0.39 is 0 Å². The summed E-state index contributed by atoms with van der Waals surface area (Å²) >= 11 is 6.14. The van der Waals surface area contributed by atoms with E-state index in [4.69, 9.17) is 11.6 Å². The highest BCUT2D eigenvalue weighted by atomic mass is 35.5. The van der Waals surface area contributed by atoms with Crippen molar-refractivity contribution in [1.82, 2.24) is 14.9 Å². The van der Waals surface area contributed by atoms with Crippen molar-refractivity contribution in [3.8, 4) is 11.4 Å². The molecule has 0 saturated carbocycles. The number of aromatic nitrogens is 2. The number of hydrogen-bond donors (Lipinski definition) is 1. The second-order valence-corrected chi connectivity index (χ2v) is 4.96. The topological polar surface area (TPSA) is 29.9 Å². The maximum Gasteiger partial charge on any atom is 0.140 e. The Kier molecular flexibility index (Phi) is 5.00. The lowest BCUT2D eigenvalue weighted by Crippen LogP contribution is -2.13. The summed E-state index contributed by atoms with van der Waals surface area (Å²) in [6.07, 6.45) is 4.96. The number of hydrogen-bond acceptors (Lipinski definition) is 2. The third kappa shape index (κ3) is 3.37. The Morgan fingerprint density at radius 3 is 2.89 bits per heavy atom. The molecule has 0 spiro atoms. The second-order valence-electron chi connectivity index (χ2n) is 4.53. The van der Waals surface area contributed by atoms with Gasteiger partial charge in [0.15, 0.2) is 0 Å². The summed E-state index contributed by atoms with van der Waals surface area (Å²) in [6.45, 7) is 7.03. The molecule has 3 nitrogen and oxygen atoms in total. The molecule has 0 fully saturated rings. The molecule has 0 unspecified atom stereocenters. The van der Waals surface area contributed by atoms with Crippen LogP contribution in [0.1, 0.15) is 25.8 Å². The predicted octanol–water partition coefficient (Wildman–Crippen LogP) is 3.72. The van der Waals surface area contributed by atoms with Crippen LogP contribution >= 0.6 is 11.6 Å². The Morgan fingerprint density at radius 1 is 1.32 bits per heavy atom. The first kappa shape index (κ1) is 14.1. The Balaban J connectivity index is 2.40. The van der Waals surface area contributed by atoms with Gasteiger partial charge in [0.1, 0.15) is 5.82 Å². The van der Waals surface area contributed by atoms with Crippen LogP contribution in [-0.2, 0) is 13.1 Å². The number of nitrogens with zero attached hydrogens (tertiary/aromatic N) is 2. The molecule has 0 aliphatic rings. The Hall–Kier alpha value is -1.32. The van der Waals surface area contributed by atoms with Crippen LogP contribution in [0.3, 0.4) is 0 Å². The number of benzene rings is 1. The zero-order chi connectivity index (χ0) is 13.7. The lowest BCUT2D eigenvalue weighted by molar-refractivity contribution is 0.682. The zero-order valence-corrected chi connectivity index (χ0v) is 12.2. The molecule has 0 atom stereocenters. The van der Waals surface area contributed by atoms with Gasteiger partial charge in [-0.05, 0) is 30.7 Å². The molecule has 4 heteroatoms. The third-order valence-electron chi connectivity index (χ3n) is 3.06. The van der Waals surface area contributed by atoms with Gasteiger partial charge < -0.3 is 9.88 Å². The summed E-state index contributed by atoms with van der Waals surface area (Å²) in [7, 11) is 0. The fourth-order valence-corrected chi connectivity index (χ4v) is 2.32. The molecular weight excluding hydrogens is 258 g/mol. The average Bonchev–Trinajstić information content (AvgIpc) is 2.86. The molecule has 2 rings (SSSR count). The molecule has 0 bridgehead atoms. The number of aryl methyl sites for hydroxylation is 1. The minimum absolute atomic E-state index is 0.751. The second kappa shape index (κ2) is 6.73. The van der Waals surface area contributed by atoms with Crippen molar-refractivity contribution in [3.63, 3.8) is 0 Å². The predicted molar refractivity (Wildman–Crippen MR) is 80.3 cm³/mol. The van der Waals surface area contributed by atoms with Crippen LogP contribution in [0.2, 0.25) is 5.02 Å². The summed E-state index contributed by atoms with van der Waals surface area (Å²) in [5.74, 6) is 0.997. The molecule has 102 valence electrons. The Labute approximate surface area is 119 Å². The molecule has 2 aromatic rings. The molecule has 1 aromatic carbocycles. The van der Waals surface area contributed by atoms with E-state index in [0.717, 1.165) is 42.5 Å². The van der Waals surface area contributed by atoms with E-state index in [1.165, 1.54) is 5.56 Å². The van der Waals surface area contributed by atoms with Crippen LogP contribution in [0, 0.1) is 0 Å². The highest BCUT2D eigenvalue weighted by Gasteiger charge is 2.11. The SMILES string of the molecule is CCCn1ccnc1-c1cc(Cl)ccc1CNCC. The van der Waals surface area contributed by atoms with Gasteiger partial charge in [-0.1, -0.05) is 31.5 Å². The Bertz CT molecular complexity index is 534. The first-order chi connectivity index (χ1) is 9.26. The molecule has 1 aromatic heterocycles. The highest BCUT2D eigenvalue weighted by Crippen LogP contribution is 2.26. The zero-order valence-electron chi connectivity index (χ0n) is 11.5. The van der Waals surface area contributed by atoms with Crippen molar-refractivity contribution >= 4 is 11.6 Å². The molecule has 19 heavy (non-hydrogen) atoms. The fraction of sp³-hybridized carbons (Fsp3) is 0.400. The van der Waals surface area contributed by atoms with Gasteiger partial charge in [0.05, 0.1) is 0 Å². The van der Waals surface area contributed by atoms with Crippen LogP contribution < -0.4 is 5.32 Å². The quantitative estimate of drug-likeness (QED) is 0.872. The molecule has 1 N–H and O–H groups in total. The smallest absolute Gasteiger partial charge is 0.140 e. The molecular formula is C15H20ClN3. The van der Waals surface area contributed by atoms with Crippen molar-refractivity contribution in [3.05, 3.63) is 41.2 Å². The Morgan fingerprint density at radius 2 is 2.16 bits per heavy atom. The third-order valence-corrected chi connectivity index (χ3v) is 3.29. The molecule has 0 saturated heterocycles. The summed E-state index contributed by atoms with van der Waals surface area (Å²) in [5, 5.41) is 4.11. The van der Waals surface area contributed by atoms with Gasteiger partial charge in [-0.3, -0.25) is 0 Å². The van der Waals surface area contributed by atoms with Gasteiger partial charge in [0.25, 0.3) is 0 Å². The van der Waals surface area contributed by atoms with Gasteiger partial charge in [-0.15, -0.1) is 0 Å². The molecule has 0 radical (unpaired) electrons. The number of halogens is 1. The lowest BCUT2D eigenvalue weighted by atomic mass is 10.1. The monoisotopic (exact) mass is 277 g/mol. The minimum Gasteiger partial charge on any atom is -0.331 e. The molecule has 0 aliphatic carbocycles. The van der Waals surface area contributed by atoms with Crippen LogP contribution in [-0.4, -0.2) is 16.1 Å². The van der Waals surface area contributed by atoms with Crippen LogP contribution in [0.15, 0.2) is 30.6 Å². The van der Waals surface area contributed by atoms with Gasteiger partial charge >= 0.3 is 0 Å². The maximum atomic E-state index is 6.14. The molecule has 0 amide bonds. The first-order valence-corrected chi connectivity index (χ1v) is 7.14. The van der Waals surface area contributed by atoms with Gasteiger partial charge in [-0.2, -0.15) is 0 Å². The van der Waals surface area contributed by atoms with E-state index >= 15 is 0 Å². The first-order valence-electron chi connectivity index (χ1n) is 6.77. The van der Waals surface area contributed by atoms with Gasteiger partial charge in [0.2, 0.25) is 0 Å². The number of rotatable bonds is 6. The van der Waals surface area contributed by atoms with Crippen molar-refractivity contribution in [1.29, 1.82) is 0 Å². The van der Waals surface area contributed by atoms with Crippen LogP contribution in [0.25, 0.3) is 11.4 Å². The van der Waals surface area contributed by atoms with E-state index in [1.807, 2.05) is 24.5 Å². The largest absolute Gasteiger partial charge is 0.331 e. The van der Waals surface area contributed by atoms with Crippen molar-refractivity contribution in [2.24, 2.45) is 0 Å². The number of nitrogens with one attached hydrogen (secondary N) is 1. The molecule has 1 heterocycles. The van der Waals surface area contributed by atoms with Crippen LogP contribution in [0.4, 0.5) is 0 Å². The normalized spacial score (nSPS) is 10.9. The van der Waals surface area contributed by atoms with Gasteiger partial charge in [0, 0.05) is 36.1 Å². The van der Waals surface area contributed by atoms with Crippen molar-refractivity contribution in [2.75, 3.05) is 6.54 Å². The van der Waals surface area contributed by atoms with Crippen LogP contribution in [0.5, 0.6) is 0 Å². The van der Waals surface area contributed by atoms with E-state index in [0.29, 0.717) is 0 Å². The lowest BCUT2D eigenvalue weighted by Gasteiger charge is -2.12. The van der Waals surface area contributed by atoms with E-state index in [2.05, 4.69) is 34.8 Å². The van der Waals surface area contributed by atoms with E-state index in [1.54, 1.807) is 0 Å². The average molecular weight is 278 g/mol. The summed E-state index contributed by atoms with van der Waals surface area (Å²) < 4.78 is 2.18. The van der Waals surface area contributed by atoms with Crippen molar-refractivity contribution < 1.29 is 0 Å². The van der Waals surface area contributed by atoms with E-state index in [9.17, 15) is 0 Å². The van der Waals surface area contributed by atoms with Gasteiger partial charge in [-0.25, -0.2) is 4.98 Å². The fourth-order valence-electron chi connectivity index (χ4n) is 2.15. The minimum atomic E-state index is 0.751.